The summed E-state index contributed by atoms with van der Waals surface area (Å²) in [4.78, 5) is 0. The van der Waals surface area contributed by atoms with Crippen LogP contribution < -0.4 is 0 Å². The van der Waals surface area contributed by atoms with Crippen LogP contribution in [0.4, 0.5) is 0 Å². The number of hydrogen-bond donors (Lipinski definition) is 0. The van der Waals surface area contributed by atoms with Gasteiger partial charge in [0.15, 0.2) is 0 Å². The van der Waals surface area contributed by atoms with Gasteiger partial charge in [0.05, 0.1) is 0 Å². The molecule has 0 radical (unpaired) electrons. The highest BCUT2D eigenvalue weighted by molar-refractivity contribution is 9.10. The second kappa shape index (κ2) is 2.74. The molecule has 0 saturated carbocycles. The third-order valence-electron chi connectivity index (χ3n) is 2.22. The third-order valence-corrected chi connectivity index (χ3v) is 2.88. The van der Waals surface area contributed by atoms with Crippen LogP contribution in [0, 0.1) is 6.92 Å². The molecule has 0 aliphatic heterocycles. The number of rotatable bonds is 0. The van der Waals surface area contributed by atoms with E-state index in [-0.39, 0.29) is 0 Å². The maximum absolute atomic E-state index is 3.58. The summed E-state index contributed by atoms with van der Waals surface area (Å²) in [6, 6.07) is 4.45. The van der Waals surface area contributed by atoms with Gasteiger partial charge in [-0.05, 0) is 43.0 Å². The summed E-state index contributed by atoms with van der Waals surface area (Å²) in [5.74, 6) is 0. The van der Waals surface area contributed by atoms with E-state index in [0.717, 1.165) is 6.42 Å². The van der Waals surface area contributed by atoms with Gasteiger partial charge in [-0.25, -0.2) is 0 Å². The van der Waals surface area contributed by atoms with Crippen molar-refractivity contribution >= 4 is 22.0 Å². The number of hydrogen-bond acceptors (Lipinski definition) is 0. The molecule has 0 unspecified atom stereocenters. The van der Waals surface area contributed by atoms with Crippen molar-refractivity contribution in [3.8, 4) is 0 Å². The highest BCUT2D eigenvalue weighted by Gasteiger charge is 2.12. The van der Waals surface area contributed by atoms with Gasteiger partial charge in [0.1, 0.15) is 0 Å². The average molecular weight is 223 g/mol. The van der Waals surface area contributed by atoms with Crippen LogP contribution in [0.25, 0.3) is 6.08 Å². The number of halogens is 1. The number of fused-ring (bicyclic) bond motifs is 1. The lowest BCUT2D eigenvalue weighted by Crippen LogP contribution is -1.85. The van der Waals surface area contributed by atoms with E-state index in [4.69, 9.17) is 0 Å². The first-order chi connectivity index (χ1) is 5.66. The normalized spacial score (nSPS) is 14.4. The second-order valence-corrected chi connectivity index (χ2v) is 4.34. The summed E-state index contributed by atoms with van der Waals surface area (Å²) in [5.41, 5.74) is 5.62. The molecular formula is C11H11Br. The van der Waals surface area contributed by atoms with Crippen molar-refractivity contribution in [2.75, 3.05) is 0 Å². The Morgan fingerprint density at radius 1 is 1.25 bits per heavy atom. The first-order valence-corrected chi connectivity index (χ1v) is 4.92. The Morgan fingerprint density at radius 2 is 2.00 bits per heavy atom. The molecule has 0 heterocycles. The minimum Gasteiger partial charge on any atom is -0.0683 e. The average Bonchev–Trinajstić information content (AvgIpc) is 2.29. The fourth-order valence-electron chi connectivity index (χ4n) is 1.73. The maximum atomic E-state index is 3.58. The molecule has 0 spiro atoms. The lowest BCUT2D eigenvalue weighted by molar-refractivity contribution is 1.18. The van der Waals surface area contributed by atoms with Gasteiger partial charge in [0.25, 0.3) is 0 Å². The minimum atomic E-state index is 1.12. The first kappa shape index (κ1) is 8.06. The Hall–Kier alpha value is -0.560. The zero-order chi connectivity index (χ0) is 8.72. The molecular weight excluding hydrogens is 212 g/mol. The largest absolute Gasteiger partial charge is 0.0683 e. The number of benzene rings is 1. The molecule has 0 nitrogen and oxygen atoms in total. The van der Waals surface area contributed by atoms with Crippen molar-refractivity contribution in [2.45, 2.75) is 20.3 Å². The van der Waals surface area contributed by atoms with Gasteiger partial charge in [-0.2, -0.15) is 0 Å². The molecule has 0 aromatic heterocycles. The van der Waals surface area contributed by atoms with Crippen molar-refractivity contribution < 1.29 is 0 Å². The molecule has 1 aliphatic carbocycles. The fraction of sp³-hybridized carbons (Fsp3) is 0.273. The molecule has 1 aromatic carbocycles. The molecule has 0 fully saturated rings. The van der Waals surface area contributed by atoms with Gasteiger partial charge in [-0.1, -0.05) is 33.6 Å². The van der Waals surface area contributed by atoms with Crippen LogP contribution in [-0.4, -0.2) is 0 Å². The molecule has 0 bridgehead atoms. The SMILES string of the molecule is CC1=Cc2c(Br)cc(C)cc2C1. The summed E-state index contributed by atoms with van der Waals surface area (Å²) in [6.45, 7) is 4.32. The van der Waals surface area contributed by atoms with Gasteiger partial charge >= 0.3 is 0 Å². The van der Waals surface area contributed by atoms with E-state index in [1.165, 1.54) is 26.7 Å². The molecule has 62 valence electrons. The van der Waals surface area contributed by atoms with Crippen LogP contribution in [-0.2, 0) is 6.42 Å². The predicted octanol–water partition coefficient (Wildman–Crippen LogP) is 3.72. The Kier molecular flexibility index (Phi) is 1.84. The molecule has 0 N–H and O–H groups in total. The van der Waals surface area contributed by atoms with Gasteiger partial charge in [-0.3, -0.25) is 0 Å². The van der Waals surface area contributed by atoms with Crippen LogP contribution in [0.1, 0.15) is 23.6 Å². The summed E-state index contributed by atoms with van der Waals surface area (Å²) in [5, 5.41) is 0. The van der Waals surface area contributed by atoms with E-state index in [2.05, 4.69) is 48.0 Å². The summed E-state index contributed by atoms with van der Waals surface area (Å²) >= 11 is 3.58. The standard InChI is InChI=1S/C11H11Br/c1-7-3-9-4-8(2)6-11(12)10(9)5-7/h4-6H,3H2,1-2H3. The van der Waals surface area contributed by atoms with E-state index in [1.807, 2.05) is 0 Å². The summed E-state index contributed by atoms with van der Waals surface area (Å²) in [7, 11) is 0. The van der Waals surface area contributed by atoms with Crippen molar-refractivity contribution in [1.82, 2.24) is 0 Å². The Labute approximate surface area is 81.4 Å². The van der Waals surface area contributed by atoms with Crippen molar-refractivity contribution in [3.63, 3.8) is 0 Å². The molecule has 1 heteroatoms. The topological polar surface area (TPSA) is 0 Å². The maximum Gasteiger partial charge on any atom is 0.0253 e. The Balaban J connectivity index is 2.62. The third kappa shape index (κ3) is 1.22. The molecule has 2 rings (SSSR count). The number of aryl methyl sites for hydroxylation is 1. The van der Waals surface area contributed by atoms with E-state index >= 15 is 0 Å². The van der Waals surface area contributed by atoms with Crippen molar-refractivity contribution in [1.29, 1.82) is 0 Å². The van der Waals surface area contributed by atoms with Crippen LogP contribution in [0.5, 0.6) is 0 Å². The lowest BCUT2D eigenvalue weighted by atomic mass is 10.1. The number of allylic oxidation sites excluding steroid dienone is 1. The van der Waals surface area contributed by atoms with Crippen molar-refractivity contribution in [3.05, 3.63) is 38.9 Å². The molecule has 1 aliphatic rings. The van der Waals surface area contributed by atoms with E-state index in [9.17, 15) is 0 Å². The fourth-order valence-corrected chi connectivity index (χ4v) is 2.46. The molecule has 1 aromatic rings. The van der Waals surface area contributed by atoms with E-state index in [0.29, 0.717) is 0 Å². The predicted molar refractivity (Wildman–Crippen MR) is 56.2 cm³/mol. The zero-order valence-electron chi connectivity index (χ0n) is 7.32. The minimum absolute atomic E-state index is 1.12. The van der Waals surface area contributed by atoms with Gasteiger partial charge < -0.3 is 0 Å². The van der Waals surface area contributed by atoms with Crippen LogP contribution in [0.2, 0.25) is 0 Å². The highest BCUT2D eigenvalue weighted by atomic mass is 79.9. The lowest BCUT2D eigenvalue weighted by Gasteiger charge is -2.02. The van der Waals surface area contributed by atoms with Crippen LogP contribution >= 0.6 is 15.9 Å². The summed E-state index contributed by atoms with van der Waals surface area (Å²) in [6.07, 6.45) is 3.38. The van der Waals surface area contributed by atoms with Gasteiger partial charge in [0, 0.05) is 4.47 Å². The van der Waals surface area contributed by atoms with Gasteiger partial charge in [-0.15, -0.1) is 0 Å². The monoisotopic (exact) mass is 222 g/mol. The second-order valence-electron chi connectivity index (χ2n) is 3.49. The Bertz CT molecular complexity index is 362. The molecule has 0 atom stereocenters. The van der Waals surface area contributed by atoms with Crippen molar-refractivity contribution in [2.24, 2.45) is 0 Å². The van der Waals surface area contributed by atoms with E-state index in [1.54, 1.807) is 0 Å². The van der Waals surface area contributed by atoms with E-state index < -0.39 is 0 Å². The van der Waals surface area contributed by atoms with Crippen LogP contribution in [0.3, 0.4) is 0 Å². The smallest absolute Gasteiger partial charge is 0.0253 e. The van der Waals surface area contributed by atoms with Crippen LogP contribution in [0.15, 0.2) is 22.2 Å². The van der Waals surface area contributed by atoms with Gasteiger partial charge in [0.2, 0.25) is 0 Å². The molecule has 12 heavy (non-hydrogen) atoms. The zero-order valence-corrected chi connectivity index (χ0v) is 8.90. The molecule has 0 amide bonds. The molecule has 0 saturated heterocycles. The quantitative estimate of drug-likeness (QED) is 0.628. The first-order valence-electron chi connectivity index (χ1n) is 4.13. The highest BCUT2D eigenvalue weighted by Crippen LogP contribution is 2.31. The Morgan fingerprint density at radius 3 is 2.75 bits per heavy atom. The summed E-state index contributed by atoms with van der Waals surface area (Å²) < 4.78 is 1.23.